The SMILES string of the molecule is C=CCO[C@@]12Oc3ccc(OC(=O)NCC)cc3[C@H]3[C@H](CCCCO)[C@@H](CCCCO)C=C(C(=NOCC)C[C@@H]1Sc1ccccc1)[C@H]32. The van der Waals surface area contributed by atoms with Crippen molar-refractivity contribution in [1.29, 1.82) is 0 Å². The van der Waals surface area contributed by atoms with Crippen LogP contribution in [-0.2, 0) is 9.57 Å². The molecule has 2 aliphatic carbocycles. The lowest BCUT2D eigenvalue weighted by Crippen LogP contribution is -2.64. The van der Waals surface area contributed by atoms with Crippen LogP contribution in [0.25, 0.3) is 0 Å². The number of thioether (sulfide) groups is 1. The Hall–Kier alpha value is -3.31. The monoisotopic (exact) mass is 678 g/mol. The first-order chi connectivity index (χ1) is 23.5. The highest BCUT2D eigenvalue weighted by Crippen LogP contribution is 2.63. The maximum absolute atomic E-state index is 12.5. The number of hydrogen-bond donors (Lipinski definition) is 3. The van der Waals surface area contributed by atoms with E-state index in [2.05, 4.69) is 30.1 Å². The van der Waals surface area contributed by atoms with E-state index in [1.807, 2.05) is 44.2 Å². The second kappa shape index (κ2) is 17.4. The smallest absolute Gasteiger partial charge is 0.412 e. The summed E-state index contributed by atoms with van der Waals surface area (Å²) in [7, 11) is 0. The molecule has 1 fully saturated rings. The predicted octanol–water partition coefficient (Wildman–Crippen LogP) is 7.24. The van der Waals surface area contributed by atoms with E-state index in [4.69, 9.17) is 24.2 Å². The van der Waals surface area contributed by atoms with Gasteiger partial charge in [0.15, 0.2) is 0 Å². The summed E-state index contributed by atoms with van der Waals surface area (Å²) in [6, 6.07) is 15.9. The molecular weight excluding hydrogens is 628 g/mol. The summed E-state index contributed by atoms with van der Waals surface area (Å²) in [6.07, 6.45) is 9.15. The lowest BCUT2D eigenvalue weighted by Gasteiger charge is -2.58. The van der Waals surface area contributed by atoms with Crippen LogP contribution in [0.3, 0.4) is 0 Å². The Balaban J connectivity index is 1.73. The van der Waals surface area contributed by atoms with Gasteiger partial charge in [-0.2, -0.15) is 0 Å². The third-order valence-corrected chi connectivity index (χ3v) is 10.8. The summed E-state index contributed by atoms with van der Waals surface area (Å²) in [5.74, 6) is 0.0669. The van der Waals surface area contributed by atoms with Crippen molar-refractivity contribution in [2.24, 2.45) is 22.9 Å². The molecule has 1 saturated carbocycles. The van der Waals surface area contributed by atoms with Gasteiger partial charge in [0.1, 0.15) is 18.1 Å². The van der Waals surface area contributed by atoms with E-state index in [1.54, 1.807) is 23.9 Å². The van der Waals surface area contributed by atoms with Crippen LogP contribution >= 0.6 is 11.8 Å². The minimum Gasteiger partial charge on any atom is -0.460 e. The number of hydrogen-bond acceptors (Lipinski definition) is 9. The molecule has 9 nitrogen and oxygen atoms in total. The third-order valence-electron chi connectivity index (χ3n) is 9.48. The van der Waals surface area contributed by atoms with Gasteiger partial charge in [-0.3, -0.25) is 0 Å². The summed E-state index contributed by atoms with van der Waals surface area (Å²) in [5, 5.41) is 26.7. The van der Waals surface area contributed by atoms with Crippen LogP contribution in [0.5, 0.6) is 11.5 Å². The van der Waals surface area contributed by atoms with Gasteiger partial charge in [-0.05, 0) is 87.3 Å². The summed E-state index contributed by atoms with van der Waals surface area (Å²) < 4.78 is 19.8. The number of carbonyl (C=O) groups excluding carboxylic acids is 1. The number of nitrogens with one attached hydrogen (secondary N) is 1. The number of amides is 1. The Bertz CT molecular complexity index is 1430. The summed E-state index contributed by atoms with van der Waals surface area (Å²) in [5.41, 5.74) is 2.92. The molecule has 1 aliphatic heterocycles. The van der Waals surface area contributed by atoms with Gasteiger partial charge in [0.05, 0.1) is 23.5 Å². The second-order valence-corrected chi connectivity index (χ2v) is 13.8. The van der Waals surface area contributed by atoms with E-state index in [9.17, 15) is 15.0 Å². The molecule has 1 amide bonds. The number of ether oxygens (including phenoxy) is 3. The van der Waals surface area contributed by atoms with Crippen molar-refractivity contribution in [3.05, 3.63) is 78.4 Å². The Morgan fingerprint density at radius 3 is 2.58 bits per heavy atom. The van der Waals surface area contributed by atoms with Gasteiger partial charge in [-0.1, -0.05) is 48.3 Å². The molecule has 0 unspecified atom stereocenters. The zero-order valence-corrected chi connectivity index (χ0v) is 29.0. The fraction of sp³-hybridized carbons (Fsp3) is 0.526. The predicted molar refractivity (Wildman–Crippen MR) is 189 cm³/mol. The molecule has 0 aromatic heterocycles. The molecule has 0 radical (unpaired) electrons. The number of oxime groups is 1. The Kier molecular flexibility index (Phi) is 13.0. The largest absolute Gasteiger partial charge is 0.460 e. The van der Waals surface area contributed by atoms with Crippen LogP contribution in [0, 0.1) is 17.8 Å². The van der Waals surface area contributed by atoms with Gasteiger partial charge in [-0.25, -0.2) is 4.79 Å². The molecule has 0 bridgehead atoms. The van der Waals surface area contributed by atoms with Gasteiger partial charge in [0.25, 0.3) is 0 Å². The van der Waals surface area contributed by atoms with Crippen LogP contribution in [0.4, 0.5) is 4.79 Å². The highest BCUT2D eigenvalue weighted by Gasteiger charge is 2.64. The topological polar surface area (TPSA) is 119 Å². The van der Waals surface area contributed by atoms with Crippen molar-refractivity contribution >= 4 is 23.6 Å². The number of allylic oxidation sites excluding steroid dienone is 1. The van der Waals surface area contributed by atoms with Crippen LogP contribution < -0.4 is 14.8 Å². The van der Waals surface area contributed by atoms with E-state index in [0.717, 1.165) is 53.8 Å². The first kappa shape index (κ1) is 36.0. The number of fused-ring (bicyclic) bond motifs is 2. The fourth-order valence-corrected chi connectivity index (χ4v) is 8.89. The normalized spacial score (nSPS) is 26.5. The minimum atomic E-state index is -1.07. The zero-order chi connectivity index (χ0) is 33.9. The highest BCUT2D eigenvalue weighted by atomic mass is 32.2. The summed E-state index contributed by atoms with van der Waals surface area (Å²) in [4.78, 5) is 19.4. The van der Waals surface area contributed by atoms with E-state index in [1.165, 1.54) is 0 Å². The minimum absolute atomic E-state index is 0.0832. The maximum atomic E-state index is 12.5. The van der Waals surface area contributed by atoms with Crippen LogP contribution in [0.15, 0.2) is 82.9 Å². The van der Waals surface area contributed by atoms with Crippen molar-refractivity contribution < 1.29 is 34.1 Å². The fourth-order valence-electron chi connectivity index (χ4n) is 7.58. The first-order valence-corrected chi connectivity index (χ1v) is 18.2. The van der Waals surface area contributed by atoms with Crippen molar-refractivity contribution in [3.63, 3.8) is 0 Å². The maximum Gasteiger partial charge on any atom is 0.412 e. The number of unbranched alkanes of at least 4 members (excludes halogenated alkanes) is 2. The van der Waals surface area contributed by atoms with Crippen molar-refractivity contribution in [2.75, 3.05) is 33.0 Å². The number of aliphatic hydroxyl groups excluding tert-OH is 2. The quantitative estimate of drug-likeness (QED) is 0.0911. The van der Waals surface area contributed by atoms with E-state index in [0.29, 0.717) is 44.1 Å². The van der Waals surface area contributed by atoms with Crippen molar-refractivity contribution in [1.82, 2.24) is 5.32 Å². The molecule has 1 heterocycles. The highest BCUT2D eigenvalue weighted by molar-refractivity contribution is 8.00. The average molecular weight is 679 g/mol. The molecule has 0 spiro atoms. The lowest BCUT2D eigenvalue weighted by atomic mass is 9.56. The molecule has 260 valence electrons. The standard InChI is InChI=1S/C38H50N2O7S/c1-4-22-44-38-34(48-28-15-8-7-9-16-28)25-32(40-45-6-3)30-23-26(14-10-12-20-41)29(17-11-13-21-42)35(36(30)38)31-24-27(18-19-33(31)47-38)46-37(43)39-5-2/h4,7-9,15-16,18-19,23-24,26,29,34-36,41-42H,1,5-6,10-14,17,20-22,25H2,2-3H3,(H,39,43)/t26-,29+,34-,35+,36+,38+/m0/s1. The molecule has 2 aromatic carbocycles. The zero-order valence-electron chi connectivity index (χ0n) is 28.1. The first-order valence-electron chi connectivity index (χ1n) is 17.4. The van der Waals surface area contributed by atoms with Crippen LogP contribution in [0.1, 0.15) is 70.3 Å². The second-order valence-electron chi connectivity index (χ2n) is 12.5. The van der Waals surface area contributed by atoms with Crippen molar-refractivity contribution in [2.45, 2.75) is 80.6 Å². The van der Waals surface area contributed by atoms with Crippen molar-refractivity contribution in [3.8, 4) is 11.5 Å². The number of carbonyl (C=O) groups is 1. The number of aliphatic hydroxyl groups is 2. The molecule has 10 heteroatoms. The molecule has 3 aliphatic rings. The lowest BCUT2D eigenvalue weighted by molar-refractivity contribution is -0.223. The third kappa shape index (κ3) is 7.94. The van der Waals surface area contributed by atoms with Gasteiger partial charge in [-0.15, -0.1) is 18.3 Å². The van der Waals surface area contributed by atoms with Gasteiger partial charge in [0, 0.05) is 42.6 Å². The molecule has 5 rings (SSSR count). The van der Waals surface area contributed by atoms with Crippen LogP contribution in [-0.4, -0.2) is 66.0 Å². The molecular formula is C38H50N2O7S. The van der Waals surface area contributed by atoms with E-state index >= 15 is 0 Å². The average Bonchev–Trinajstić information content (AvgIpc) is 3.09. The summed E-state index contributed by atoms with van der Waals surface area (Å²) in [6.45, 7) is 9.26. The Morgan fingerprint density at radius 1 is 1.10 bits per heavy atom. The van der Waals surface area contributed by atoms with Crippen LogP contribution in [0.2, 0.25) is 0 Å². The number of rotatable bonds is 17. The molecule has 6 atom stereocenters. The Morgan fingerprint density at radius 2 is 1.88 bits per heavy atom. The van der Waals surface area contributed by atoms with Gasteiger partial charge < -0.3 is 34.6 Å². The number of benzene rings is 2. The Labute approximate surface area is 288 Å². The summed E-state index contributed by atoms with van der Waals surface area (Å²) >= 11 is 1.72. The molecule has 2 aromatic rings. The van der Waals surface area contributed by atoms with Gasteiger partial charge >= 0.3 is 6.09 Å². The van der Waals surface area contributed by atoms with Gasteiger partial charge in [0.2, 0.25) is 5.79 Å². The molecule has 3 N–H and O–H groups in total. The molecule has 48 heavy (non-hydrogen) atoms. The number of nitrogens with zero attached hydrogens (tertiary/aromatic N) is 1. The molecule has 0 saturated heterocycles. The van der Waals surface area contributed by atoms with E-state index < -0.39 is 11.9 Å². The van der Waals surface area contributed by atoms with E-state index in [-0.39, 0.29) is 42.1 Å².